The van der Waals surface area contributed by atoms with Crippen LogP contribution in [0.15, 0.2) is 53.2 Å². The largest absolute Gasteiger partial charge is 0.465 e. The highest BCUT2D eigenvalue weighted by Crippen LogP contribution is 2.24. The van der Waals surface area contributed by atoms with Crippen LogP contribution >= 0.6 is 0 Å². The first-order valence-electron chi connectivity index (χ1n) is 8.08. The molecule has 1 fully saturated rings. The predicted octanol–water partition coefficient (Wildman–Crippen LogP) is 4.17. The average molecular weight is 310 g/mol. The summed E-state index contributed by atoms with van der Waals surface area (Å²) in [7, 11) is 0. The number of anilines is 2. The minimum Gasteiger partial charge on any atom is -0.465 e. The maximum atomic E-state index is 11.9. The fraction of sp³-hybridized carbons (Fsp3) is 0.316. The Morgan fingerprint density at radius 1 is 1.22 bits per heavy atom. The van der Waals surface area contributed by atoms with Gasteiger partial charge in [0.2, 0.25) is 5.91 Å². The van der Waals surface area contributed by atoms with E-state index in [1.165, 1.54) is 24.6 Å². The van der Waals surface area contributed by atoms with Gasteiger partial charge in [-0.15, -0.1) is 0 Å². The third kappa shape index (κ3) is 4.25. The van der Waals surface area contributed by atoms with E-state index in [9.17, 15) is 4.79 Å². The highest BCUT2D eigenvalue weighted by Gasteiger charge is 2.15. The van der Waals surface area contributed by atoms with Gasteiger partial charge in [-0.1, -0.05) is 6.92 Å². The molecule has 2 heterocycles. The summed E-state index contributed by atoms with van der Waals surface area (Å²) in [4.78, 5) is 14.3. The van der Waals surface area contributed by atoms with E-state index in [1.54, 1.807) is 24.5 Å². The lowest BCUT2D eigenvalue weighted by Crippen LogP contribution is -2.32. The van der Waals surface area contributed by atoms with Crippen molar-refractivity contribution in [2.75, 3.05) is 23.3 Å². The third-order valence-corrected chi connectivity index (χ3v) is 4.23. The van der Waals surface area contributed by atoms with Crippen molar-refractivity contribution in [3.8, 4) is 0 Å². The smallest absolute Gasteiger partial charge is 0.248 e. The molecule has 0 bridgehead atoms. The second-order valence-electron chi connectivity index (χ2n) is 6.05. The van der Waals surface area contributed by atoms with Crippen LogP contribution in [0.1, 0.15) is 25.5 Å². The van der Waals surface area contributed by atoms with Gasteiger partial charge in [0.05, 0.1) is 6.26 Å². The van der Waals surface area contributed by atoms with Gasteiger partial charge in [-0.05, 0) is 61.2 Å². The second-order valence-corrected chi connectivity index (χ2v) is 6.05. The molecule has 1 N–H and O–H groups in total. The zero-order chi connectivity index (χ0) is 16.1. The average Bonchev–Trinajstić information content (AvgIpc) is 3.08. The van der Waals surface area contributed by atoms with Crippen LogP contribution in [0.25, 0.3) is 6.08 Å². The highest BCUT2D eigenvalue weighted by atomic mass is 16.3. The Balaban J connectivity index is 1.56. The Hall–Kier alpha value is -2.49. The molecular weight excluding hydrogens is 288 g/mol. The Bertz CT molecular complexity index is 651. The van der Waals surface area contributed by atoms with Crippen molar-refractivity contribution in [3.05, 3.63) is 54.5 Å². The van der Waals surface area contributed by atoms with Gasteiger partial charge in [0.25, 0.3) is 0 Å². The molecule has 2 aromatic rings. The number of amides is 1. The number of rotatable bonds is 4. The van der Waals surface area contributed by atoms with E-state index in [0.717, 1.165) is 24.7 Å². The van der Waals surface area contributed by atoms with E-state index in [4.69, 9.17) is 4.42 Å². The maximum absolute atomic E-state index is 11.9. The fourth-order valence-electron chi connectivity index (χ4n) is 2.75. The van der Waals surface area contributed by atoms with E-state index >= 15 is 0 Å². The lowest BCUT2D eigenvalue weighted by Gasteiger charge is -2.32. The summed E-state index contributed by atoms with van der Waals surface area (Å²) in [5.41, 5.74) is 2.02. The Morgan fingerprint density at radius 2 is 1.96 bits per heavy atom. The van der Waals surface area contributed by atoms with Crippen LogP contribution in [0, 0.1) is 5.92 Å². The Kier molecular flexibility index (Phi) is 4.81. The first-order chi connectivity index (χ1) is 11.2. The molecule has 0 radical (unpaired) electrons. The lowest BCUT2D eigenvalue weighted by atomic mass is 9.99. The number of nitrogens with zero attached hydrogens (tertiary/aromatic N) is 1. The molecule has 120 valence electrons. The minimum atomic E-state index is -0.166. The monoisotopic (exact) mass is 310 g/mol. The summed E-state index contributed by atoms with van der Waals surface area (Å²) in [5, 5.41) is 2.86. The highest BCUT2D eigenvalue weighted by molar-refractivity contribution is 6.01. The van der Waals surface area contributed by atoms with E-state index < -0.39 is 0 Å². The molecule has 0 unspecified atom stereocenters. The van der Waals surface area contributed by atoms with Crippen molar-refractivity contribution in [2.24, 2.45) is 5.92 Å². The van der Waals surface area contributed by atoms with E-state index in [-0.39, 0.29) is 5.91 Å². The quantitative estimate of drug-likeness (QED) is 0.862. The van der Waals surface area contributed by atoms with Crippen molar-refractivity contribution in [3.63, 3.8) is 0 Å². The van der Waals surface area contributed by atoms with Crippen LogP contribution in [0.5, 0.6) is 0 Å². The Labute approximate surface area is 136 Å². The van der Waals surface area contributed by atoms with Crippen LogP contribution in [0.4, 0.5) is 11.4 Å². The molecule has 4 heteroatoms. The van der Waals surface area contributed by atoms with E-state index in [1.807, 2.05) is 12.1 Å². The molecule has 4 nitrogen and oxygen atoms in total. The molecule has 1 aromatic carbocycles. The van der Waals surface area contributed by atoms with Gasteiger partial charge in [0.15, 0.2) is 0 Å². The lowest BCUT2D eigenvalue weighted by molar-refractivity contribution is -0.111. The molecule has 0 atom stereocenters. The number of hydrogen-bond donors (Lipinski definition) is 1. The molecular formula is C19H22N2O2. The first-order valence-corrected chi connectivity index (χ1v) is 8.08. The number of carbonyl (C=O) groups excluding carboxylic acids is 1. The van der Waals surface area contributed by atoms with Gasteiger partial charge in [-0.2, -0.15) is 0 Å². The number of furan rings is 1. The van der Waals surface area contributed by atoms with Gasteiger partial charge < -0.3 is 14.6 Å². The maximum Gasteiger partial charge on any atom is 0.248 e. The molecule has 1 aliphatic heterocycles. The minimum absolute atomic E-state index is 0.166. The number of piperidine rings is 1. The van der Waals surface area contributed by atoms with Crippen LogP contribution < -0.4 is 10.2 Å². The Morgan fingerprint density at radius 3 is 2.61 bits per heavy atom. The molecule has 0 saturated carbocycles. The molecule has 23 heavy (non-hydrogen) atoms. The van der Waals surface area contributed by atoms with Gasteiger partial charge in [-0.3, -0.25) is 4.79 Å². The standard InChI is InChI=1S/C19H22N2O2/c1-15-10-12-21(13-11-15)17-6-4-16(5-7-17)20-19(22)9-8-18-3-2-14-23-18/h2-9,14-15H,10-13H2,1H3,(H,20,22)/b9-8-. The SMILES string of the molecule is CC1CCN(c2ccc(NC(=O)/C=C\c3ccco3)cc2)CC1. The normalized spacial score (nSPS) is 16.0. The molecule has 0 aliphatic carbocycles. The zero-order valence-corrected chi connectivity index (χ0v) is 13.4. The molecule has 0 spiro atoms. The van der Waals surface area contributed by atoms with E-state index in [2.05, 4.69) is 29.3 Å². The number of hydrogen-bond acceptors (Lipinski definition) is 3. The molecule has 1 saturated heterocycles. The molecule has 1 aromatic heterocycles. The van der Waals surface area contributed by atoms with Crippen LogP contribution in [-0.4, -0.2) is 19.0 Å². The number of benzene rings is 1. The molecule has 1 amide bonds. The van der Waals surface area contributed by atoms with Gasteiger partial charge in [-0.25, -0.2) is 0 Å². The molecule has 1 aliphatic rings. The van der Waals surface area contributed by atoms with Gasteiger partial charge >= 0.3 is 0 Å². The van der Waals surface area contributed by atoms with Crippen molar-refractivity contribution in [1.29, 1.82) is 0 Å². The second kappa shape index (κ2) is 7.18. The van der Waals surface area contributed by atoms with Gasteiger partial charge in [0, 0.05) is 30.5 Å². The summed E-state index contributed by atoms with van der Waals surface area (Å²) >= 11 is 0. The summed E-state index contributed by atoms with van der Waals surface area (Å²) in [6, 6.07) is 11.6. The fourth-order valence-corrected chi connectivity index (χ4v) is 2.75. The third-order valence-electron chi connectivity index (χ3n) is 4.23. The summed E-state index contributed by atoms with van der Waals surface area (Å²) in [6.07, 6.45) is 7.20. The van der Waals surface area contributed by atoms with Crippen LogP contribution in [0.3, 0.4) is 0 Å². The van der Waals surface area contributed by atoms with Crippen molar-refractivity contribution >= 4 is 23.4 Å². The number of carbonyl (C=O) groups is 1. The van der Waals surface area contributed by atoms with E-state index in [0.29, 0.717) is 5.76 Å². The predicted molar refractivity (Wildman–Crippen MR) is 93.4 cm³/mol. The summed E-state index contributed by atoms with van der Waals surface area (Å²) < 4.78 is 5.15. The summed E-state index contributed by atoms with van der Waals surface area (Å²) in [6.45, 7) is 4.53. The zero-order valence-electron chi connectivity index (χ0n) is 13.4. The van der Waals surface area contributed by atoms with Crippen LogP contribution in [0.2, 0.25) is 0 Å². The van der Waals surface area contributed by atoms with Gasteiger partial charge in [0.1, 0.15) is 5.76 Å². The van der Waals surface area contributed by atoms with Crippen molar-refractivity contribution in [2.45, 2.75) is 19.8 Å². The topological polar surface area (TPSA) is 45.5 Å². The number of nitrogens with one attached hydrogen (secondary N) is 1. The first kappa shape index (κ1) is 15.4. The molecule has 3 rings (SSSR count). The summed E-state index contributed by atoms with van der Waals surface area (Å²) in [5.74, 6) is 1.32. The van der Waals surface area contributed by atoms with Crippen molar-refractivity contribution < 1.29 is 9.21 Å². The van der Waals surface area contributed by atoms with Crippen molar-refractivity contribution in [1.82, 2.24) is 0 Å². The van der Waals surface area contributed by atoms with Crippen LogP contribution in [-0.2, 0) is 4.79 Å².